The fraction of sp³-hybridized carbons (Fsp3) is 0.545. The maximum absolute atomic E-state index is 9.77. The molecule has 1 aliphatic heterocycles. The number of fused-ring (bicyclic) bond motifs is 1. The van der Waals surface area contributed by atoms with E-state index >= 15 is 0 Å². The second-order valence-corrected chi connectivity index (χ2v) is 5.07. The molecule has 1 aliphatic rings. The summed E-state index contributed by atoms with van der Waals surface area (Å²) in [6.07, 6.45) is 2.21. The third-order valence-corrected chi connectivity index (χ3v) is 3.59. The summed E-state index contributed by atoms with van der Waals surface area (Å²) >= 11 is 5.92. The fourth-order valence-electron chi connectivity index (χ4n) is 2.36. The standard InChI is InChI=1S/C11H14ClN5O/c1-6-5-17(3-2-8(6)18)10-7-4-13-16-9(7)14-11(12)15-10/h4,6,8,18H,2-3,5H2,1H3,(H,13,14,15,16). The highest BCUT2D eigenvalue weighted by atomic mass is 35.5. The summed E-state index contributed by atoms with van der Waals surface area (Å²) in [6.45, 7) is 3.56. The molecule has 2 aromatic heterocycles. The van der Waals surface area contributed by atoms with Crippen molar-refractivity contribution in [1.29, 1.82) is 0 Å². The Hall–Kier alpha value is -1.40. The Labute approximate surface area is 109 Å². The Morgan fingerprint density at radius 2 is 2.33 bits per heavy atom. The Morgan fingerprint density at radius 1 is 1.50 bits per heavy atom. The molecule has 0 amide bonds. The van der Waals surface area contributed by atoms with E-state index in [0.29, 0.717) is 5.65 Å². The summed E-state index contributed by atoms with van der Waals surface area (Å²) in [5.74, 6) is 1.01. The number of aromatic nitrogens is 4. The van der Waals surface area contributed by atoms with E-state index in [2.05, 4.69) is 25.1 Å². The molecule has 0 bridgehead atoms. The van der Waals surface area contributed by atoms with E-state index in [1.54, 1.807) is 6.20 Å². The van der Waals surface area contributed by atoms with E-state index < -0.39 is 0 Å². The van der Waals surface area contributed by atoms with E-state index in [9.17, 15) is 5.11 Å². The zero-order chi connectivity index (χ0) is 12.7. The summed E-state index contributed by atoms with van der Waals surface area (Å²) in [4.78, 5) is 10.5. The molecule has 7 heteroatoms. The van der Waals surface area contributed by atoms with Gasteiger partial charge in [-0.1, -0.05) is 6.92 Å². The number of nitrogens with zero attached hydrogens (tertiary/aromatic N) is 4. The Bertz CT molecular complexity index is 572. The maximum atomic E-state index is 9.77. The minimum atomic E-state index is -0.238. The van der Waals surface area contributed by atoms with Gasteiger partial charge in [0.05, 0.1) is 17.7 Å². The van der Waals surface area contributed by atoms with Gasteiger partial charge in [-0.3, -0.25) is 5.10 Å². The van der Waals surface area contributed by atoms with Gasteiger partial charge in [-0.15, -0.1) is 0 Å². The largest absolute Gasteiger partial charge is 0.393 e. The smallest absolute Gasteiger partial charge is 0.226 e. The Balaban J connectivity index is 2.01. The fourth-order valence-corrected chi connectivity index (χ4v) is 2.52. The molecule has 3 heterocycles. The van der Waals surface area contributed by atoms with Gasteiger partial charge >= 0.3 is 0 Å². The predicted octanol–water partition coefficient (Wildman–Crippen LogP) is 1.21. The van der Waals surface area contributed by atoms with Gasteiger partial charge in [0.1, 0.15) is 5.82 Å². The molecule has 1 saturated heterocycles. The molecule has 3 rings (SSSR count). The third-order valence-electron chi connectivity index (χ3n) is 3.42. The lowest BCUT2D eigenvalue weighted by Crippen LogP contribution is -2.42. The first-order chi connectivity index (χ1) is 8.65. The van der Waals surface area contributed by atoms with Crippen LogP contribution in [-0.2, 0) is 0 Å². The number of hydrogen-bond donors (Lipinski definition) is 2. The number of hydrogen-bond acceptors (Lipinski definition) is 5. The monoisotopic (exact) mass is 267 g/mol. The van der Waals surface area contributed by atoms with Crippen molar-refractivity contribution in [1.82, 2.24) is 20.2 Å². The lowest BCUT2D eigenvalue weighted by atomic mass is 9.97. The van der Waals surface area contributed by atoms with Gasteiger partial charge in [-0.2, -0.15) is 15.1 Å². The van der Waals surface area contributed by atoms with Crippen molar-refractivity contribution in [2.75, 3.05) is 18.0 Å². The highest BCUT2D eigenvalue weighted by molar-refractivity contribution is 6.28. The molecule has 0 spiro atoms. The topological polar surface area (TPSA) is 77.9 Å². The summed E-state index contributed by atoms with van der Waals surface area (Å²) in [6, 6.07) is 0. The van der Waals surface area contributed by atoms with Crippen molar-refractivity contribution in [2.24, 2.45) is 5.92 Å². The van der Waals surface area contributed by atoms with Crippen LogP contribution >= 0.6 is 11.6 Å². The van der Waals surface area contributed by atoms with Crippen LogP contribution in [0.3, 0.4) is 0 Å². The number of H-pyrrole nitrogens is 1. The van der Waals surface area contributed by atoms with Crippen LogP contribution in [0.2, 0.25) is 5.28 Å². The average Bonchev–Trinajstić information content (AvgIpc) is 2.79. The van der Waals surface area contributed by atoms with E-state index in [1.165, 1.54) is 0 Å². The lowest BCUT2D eigenvalue weighted by Gasteiger charge is -2.35. The van der Waals surface area contributed by atoms with Crippen molar-refractivity contribution in [3.8, 4) is 0 Å². The van der Waals surface area contributed by atoms with Crippen molar-refractivity contribution < 1.29 is 5.11 Å². The molecule has 0 saturated carbocycles. The SMILES string of the molecule is CC1CN(c2nc(Cl)nc3[nH]ncc23)CCC1O. The van der Waals surface area contributed by atoms with Gasteiger partial charge in [0.2, 0.25) is 5.28 Å². The summed E-state index contributed by atoms with van der Waals surface area (Å²) in [7, 11) is 0. The Kier molecular flexibility index (Phi) is 2.83. The minimum absolute atomic E-state index is 0.209. The molecule has 0 aromatic carbocycles. The molecule has 6 nitrogen and oxygen atoms in total. The van der Waals surface area contributed by atoms with Crippen LogP contribution in [0, 0.1) is 5.92 Å². The molecule has 0 aliphatic carbocycles. The molecule has 2 atom stereocenters. The number of rotatable bonds is 1. The van der Waals surface area contributed by atoms with Gasteiger partial charge in [0.25, 0.3) is 0 Å². The first-order valence-corrected chi connectivity index (χ1v) is 6.32. The number of aliphatic hydroxyl groups excluding tert-OH is 1. The van der Waals surface area contributed by atoms with Crippen LogP contribution in [-0.4, -0.2) is 44.5 Å². The third kappa shape index (κ3) is 1.91. The van der Waals surface area contributed by atoms with Crippen molar-refractivity contribution >= 4 is 28.5 Å². The predicted molar refractivity (Wildman–Crippen MR) is 68.7 cm³/mol. The second kappa shape index (κ2) is 4.37. The molecule has 0 radical (unpaired) electrons. The van der Waals surface area contributed by atoms with Gasteiger partial charge in [0, 0.05) is 13.1 Å². The quantitative estimate of drug-likeness (QED) is 0.760. The molecule has 2 N–H and O–H groups in total. The van der Waals surface area contributed by atoms with Crippen LogP contribution in [0.5, 0.6) is 0 Å². The summed E-state index contributed by atoms with van der Waals surface area (Å²) in [5.41, 5.74) is 0.642. The highest BCUT2D eigenvalue weighted by Gasteiger charge is 2.26. The first-order valence-electron chi connectivity index (χ1n) is 5.95. The van der Waals surface area contributed by atoms with Gasteiger partial charge < -0.3 is 10.0 Å². The molecule has 1 fully saturated rings. The molecular weight excluding hydrogens is 254 g/mol. The van der Waals surface area contributed by atoms with E-state index in [1.807, 2.05) is 6.92 Å². The lowest BCUT2D eigenvalue weighted by molar-refractivity contribution is 0.0969. The normalized spacial score (nSPS) is 24.7. The molecule has 2 aromatic rings. The highest BCUT2D eigenvalue weighted by Crippen LogP contribution is 2.28. The van der Waals surface area contributed by atoms with Crippen molar-refractivity contribution in [3.05, 3.63) is 11.5 Å². The van der Waals surface area contributed by atoms with Crippen molar-refractivity contribution in [2.45, 2.75) is 19.4 Å². The number of anilines is 1. The molecule has 18 heavy (non-hydrogen) atoms. The summed E-state index contributed by atoms with van der Waals surface area (Å²) in [5, 5.41) is 17.6. The van der Waals surface area contributed by atoms with E-state index in [0.717, 1.165) is 30.7 Å². The average molecular weight is 268 g/mol. The zero-order valence-corrected chi connectivity index (χ0v) is 10.7. The van der Waals surface area contributed by atoms with Gasteiger partial charge in [-0.25, -0.2) is 0 Å². The molecule has 2 unspecified atom stereocenters. The van der Waals surface area contributed by atoms with E-state index in [-0.39, 0.29) is 17.3 Å². The van der Waals surface area contributed by atoms with Gasteiger partial charge in [-0.05, 0) is 23.9 Å². The second-order valence-electron chi connectivity index (χ2n) is 4.73. The van der Waals surface area contributed by atoms with Gasteiger partial charge in [0.15, 0.2) is 5.65 Å². The zero-order valence-electron chi connectivity index (χ0n) is 9.97. The number of aliphatic hydroxyl groups is 1. The Morgan fingerprint density at radius 3 is 3.11 bits per heavy atom. The van der Waals surface area contributed by atoms with Crippen LogP contribution in [0.4, 0.5) is 5.82 Å². The minimum Gasteiger partial charge on any atom is -0.393 e. The molecular formula is C11H14ClN5O. The van der Waals surface area contributed by atoms with Crippen LogP contribution in [0.1, 0.15) is 13.3 Å². The number of nitrogens with one attached hydrogen (secondary N) is 1. The summed E-state index contributed by atoms with van der Waals surface area (Å²) < 4.78 is 0. The maximum Gasteiger partial charge on any atom is 0.226 e. The molecule has 96 valence electrons. The van der Waals surface area contributed by atoms with Crippen LogP contribution < -0.4 is 4.90 Å². The first kappa shape index (κ1) is 11.7. The van der Waals surface area contributed by atoms with E-state index in [4.69, 9.17) is 11.6 Å². The number of aromatic amines is 1. The number of halogens is 1. The van der Waals surface area contributed by atoms with Crippen molar-refractivity contribution in [3.63, 3.8) is 0 Å². The van der Waals surface area contributed by atoms with Crippen LogP contribution in [0.25, 0.3) is 11.0 Å². The number of piperidine rings is 1. The van der Waals surface area contributed by atoms with Crippen LogP contribution in [0.15, 0.2) is 6.20 Å².